The predicted molar refractivity (Wildman–Crippen MR) is 110 cm³/mol. The van der Waals surface area contributed by atoms with Crippen LogP contribution in [0.25, 0.3) is 11.0 Å². The lowest BCUT2D eigenvalue weighted by Crippen LogP contribution is -2.27. The molecule has 1 aliphatic carbocycles. The van der Waals surface area contributed by atoms with Crippen molar-refractivity contribution in [2.45, 2.75) is 57.9 Å². The summed E-state index contributed by atoms with van der Waals surface area (Å²) in [7, 11) is -1.25. The predicted octanol–water partition coefficient (Wildman–Crippen LogP) is 5.79. The van der Waals surface area contributed by atoms with Gasteiger partial charge in [0.05, 0.1) is 21.6 Å². The Morgan fingerprint density at radius 2 is 2.00 bits per heavy atom. The van der Waals surface area contributed by atoms with Gasteiger partial charge in [0.2, 0.25) is 0 Å². The molecule has 1 saturated carbocycles. The van der Waals surface area contributed by atoms with Gasteiger partial charge in [0.1, 0.15) is 18.8 Å². The lowest BCUT2D eigenvalue weighted by Gasteiger charge is -2.31. The molecule has 0 aliphatic heterocycles. The number of nitrogens with zero attached hydrogens (tertiary/aromatic N) is 2. The van der Waals surface area contributed by atoms with Crippen LogP contribution < -0.4 is 0 Å². The first-order chi connectivity index (χ1) is 13.5. The molecular weight excluding hydrogens is 421 g/mol. The Hall–Kier alpha value is -1.38. The summed E-state index contributed by atoms with van der Waals surface area (Å²) in [6, 6.07) is 3.33. The van der Waals surface area contributed by atoms with Crippen molar-refractivity contribution < 1.29 is 22.7 Å². The normalized spacial score (nSPS) is 20.1. The first kappa shape index (κ1) is 22.3. The molecule has 0 amide bonds. The number of ether oxygens (including phenoxy) is 1. The zero-order chi connectivity index (χ0) is 21.4. The molecule has 0 bridgehead atoms. The number of carbonyl (C=O) groups is 1. The highest BCUT2D eigenvalue weighted by Crippen LogP contribution is 2.39. The highest BCUT2D eigenvalue weighted by Gasteiger charge is 2.35. The molecule has 1 aromatic heterocycles. The van der Waals surface area contributed by atoms with Gasteiger partial charge in [0.15, 0.2) is 0 Å². The number of benzene rings is 1. The van der Waals surface area contributed by atoms with Gasteiger partial charge in [-0.15, -0.1) is 0 Å². The van der Waals surface area contributed by atoms with Crippen LogP contribution in [-0.4, -0.2) is 30.5 Å². The Balaban J connectivity index is 1.88. The molecule has 1 aromatic carbocycles. The second-order valence-corrected chi connectivity index (χ2v) is 15.1. The maximum absolute atomic E-state index is 13.2. The fourth-order valence-electron chi connectivity index (χ4n) is 3.57. The number of hydrogen-bond donors (Lipinski definition) is 0. The summed E-state index contributed by atoms with van der Waals surface area (Å²) < 4.78 is 47.4. The SMILES string of the molecule is C[Si](C)(C)CCOCn1c(CC2CC(C=O)C2)nc2cc(C(F)(F)F)c(Cl)cc21. The van der Waals surface area contributed by atoms with E-state index in [4.69, 9.17) is 16.3 Å². The van der Waals surface area contributed by atoms with E-state index in [1.807, 2.05) is 4.57 Å². The molecule has 0 spiro atoms. The van der Waals surface area contributed by atoms with E-state index < -0.39 is 19.8 Å². The number of rotatable bonds is 8. The third kappa shape index (κ3) is 5.41. The summed E-state index contributed by atoms with van der Waals surface area (Å²) in [5.41, 5.74) is -0.0822. The molecule has 0 unspecified atom stereocenters. The van der Waals surface area contributed by atoms with Crippen LogP contribution in [0, 0.1) is 11.8 Å². The molecule has 29 heavy (non-hydrogen) atoms. The Morgan fingerprint density at radius 3 is 2.59 bits per heavy atom. The molecule has 9 heteroatoms. The maximum Gasteiger partial charge on any atom is 0.417 e. The van der Waals surface area contributed by atoms with E-state index in [2.05, 4.69) is 24.6 Å². The van der Waals surface area contributed by atoms with E-state index in [1.165, 1.54) is 6.07 Å². The second-order valence-electron chi connectivity index (χ2n) is 9.06. The fourth-order valence-corrected chi connectivity index (χ4v) is 4.59. The minimum Gasteiger partial charge on any atom is -0.361 e. The van der Waals surface area contributed by atoms with Crippen molar-refractivity contribution in [3.8, 4) is 0 Å². The minimum absolute atomic E-state index is 0.0806. The van der Waals surface area contributed by atoms with Crippen molar-refractivity contribution in [1.82, 2.24) is 9.55 Å². The zero-order valence-corrected chi connectivity index (χ0v) is 18.6. The van der Waals surface area contributed by atoms with Gasteiger partial charge in [-0.25, -0.2) is 4.98 Å². The summed E-state index contributed by atoms with van der Waals surface area (Å²) in [5.74, 6) is 1.06. The van der Waals surface area contributed by atoms with E-state index >= 15 is 0 Å². The molecule has 4 nitrogen and oxygen atoms in total. The van der Waals surface area contributed by atoms with Crippen LogP contribution in [0.4, 0.5) is 13.2 Å². The smallest absolute Gasteiger partial charge is 0.361 e. The standard InChI is InChI=1S/C20H26ClF3N2O2Si/c1-29(2,3)5-4-28-12-26-18-10-16(21)15(20(22,23)24)9-17(18)25-19(26)8-13-6-14(7-13)11-27/h9-11,13-14H,4-8,12H2,1-3H3. The first-order valence-electron chi connectivity index (χ1n) is 9.77. The number of alkyl halides is 3. The van der Waals surface area contributed by atoms with Crippen LogP contribution in [0.1, 0.15) is 24.2 Å². The number of aldehydes is 1. The maximum atomic E-state index is 13.2. The number of fused-ring (bicyclic) bond motifs is 1. The molecule has 0 radical (unpaired) electrons. The van der Waals surface area contributed by atoms with Crippen LogP contribution in [0.3, 0.4) is 0 Å². The van der Waals surface area contributed by atoms with Crippen molar-refractivity contribution in [2.75, 3.05) is 6.61 Å². The average molecular weight is 447 g/mol. The summed E-state index contributed by atoms with van der Waals surface area (Å²) in [6.45, 7) is 7.59. The average Bonchev–Trinajstić information content (AvgIpc) is 2.88. The van der Waals surface area contributed by atoms with Gasteiger partial charge in [-0.2, -0.15) is 13.2 Å². The van der Waals surface area contributed by atoms with E-state index in [0.29, 0.717) is 30.3 Å². The van der Waals surface area contributed by atoms with Gasteiger partial charge >= 0.3 is 6.18 Å². The fraction of sp³-hybridized carbons (Fsp3) is 0.600. The largest absolute Gasteiger partial charge is 0.417 e. The topological polar surface area (TPSA) is 44.1 Å². The third-order valence-corrected chi connectivity index (χ3v) is 7.39. The molecule has 3 rings (SSSR count). The van der Waals surface area contributed by atoms with Gasteiger partial charge in [-0.1, -0.05) is 31.2 Å². The molecule has 0 atom stereocenters. The van der Waals surface area contributed by atoms with Gasteiger partial charge in [0, 0.05) is 27.0 Å². The lowest BCUT2D eigenvalue weighted by molar-refractivity contribution is -0.137. The monoisotopic (exact) mass is 446 g/mol. The van der Waals surface area contributed by atoms with Crippen LogP contribution in [-0.2, 0) is 28.9 Å². The molecule has 2 aromatic rings. The molecular formula is C20H26ClF3N2O2Si. The summed E-state index contributed by atoms with van der Waals surface area (Å²) in [5, 5.41) is -0.343. The van der Waals surface area contributed by atoms with E-state index in [0.717, 1.165) is 31.2 Å². The first-order valence-corrected chi connectivity index (χ1v) is 13.9. The van der Waals surface area contributed by atoms with Gasteiger partial charge < -0.3 is 14.1 Å². The van der Waals surface area contributed by atoms with Crippen molar-refractivity contribution in [3.63, 3.8) is 0 Å². The van der Waals surface area contributed by atoms with E-state index in [1.54, 1.807) is 0 Å². The lowest BCUT2D eigenvalue weighted by atomic mass is 9.74. The van der Waals surface area contributed by atoms with Gasteiger partial charge in [-0.05, 0) is 36.9 Å². The van der Waals surface area contributed by atoms with Crippen molar-refractivity contribution in [2.24, 2.45) is 11.8 Å². The molecule has 1 fully saturated rings. The Bertz CT molecular complexity index is 886. The van der Waals surface area contributed by atoms with Crippen LogP contribution in [0.15, 0.2) is 12.1 Å². The summed E-state index contributed by atoms with van der Waals surface area (Å²) >= 11 is 5.94. The van der Waals surface area contributed by atoms with Crippen LogP contribution >= 0.6 is 11.6 Å². The van der Waals surface area contributed by atoms with Crippen molar-refractivity contribution in [1.29, 1.82) is 0 Å². The number of imidazole rings is 1. The van der Waals surface area contributed by atoms with Crippen LogP contribution in [0.5, 0.6) is 0 Å². The van der Waals surface area contributed by atoms with Gasteiger partial charge in [0.25, 0.3) is 0 Å². The number of halogens is 4. The molecule has 1 heterocycles. The van der Waals surface area contributed by atoms with Crippen molar-refractivity contribution in [3.05, 3.63) is 28.5 Å². The molecule has 160 valence electrons. The Morgan fingerprint density at radius 1 is 1.31 bits per heavy atom. The van der Waals surface area contributed by atoms with E-state index in [-0.39, 0.29) is 23.2 Å². The highest BCUT2D eigenvalue weighted by molar-refractivity contribution is 6.76. The number of hydrogen-bond acceptors (Lipinski definition) is 3. The highest BCUT2D eigenvalue weighted by atomic mass is 35.5. The Labute approximate surface area is 174 Å². The summed E-state index contributed by atoms with van der Waals surface area (Å²) in [6.07, 6.45) is -1.38. The Kier molecular flexibility index (Phi) is 6.46. The third-order valence-electron chi connectivity index (χ3n) is 5.37. The molecule has 0 N–H and O–H groups in total. The van der Waals surface area contributed by atoms with E-state index in [9.17, 15) is 18.0 Å². The zero-order valence-electron chi connectivity index (χ0n) is 16.9. The minimum atomic E-state index is -4.53. The number of aromatic nitrogens is 2. The van der Waals surface area contributed by atoms with Crippen molar-refractivity contribution >= 4 is 37.0 Å². The van der Waals surface area contributed by atoms with Crippen LogP contribution in [0.2, 0.25) is 30.7 Å². The molecule has 0 saturated heterocycles. The number of carbonyl (C=O) groups excluding carboxylic acids is 1. The molecule has 1 aliphatic rings. The quantitative estimate of drug-likeness (QED) is 0.293. The van der Waals surface area contributed by atoms with Gasteiger partial charge in [-0.3, -0.25) is 0 Å². The summed E-state index contributed by atoms with van der Waals surface area (Å²) in [4.78, 5) is 15.3. The second kappa shape index (κ2) is 8.39.